The van der Waals surface area contributed by atoms with Crippen LogP contribution < -0.4 is 9.64 Å². The van der Waals surface area contributed by atoms with Crippen molar-refractivity contribution >= 4 is 27.4 Å². The van der Waals surface area contributed by atoms with Gasteiger partial charge in [0.25, 0.3) is 0 Å². The van der Waals surface area contributed by atoms with Crippen molar-refractivity contribution in [2.24, 2.45) is 0 Å². The number of aromatic nitrogens is 1. The number of ether oxygens (including phenoxy) is 1. The van der Waals surface area contributed by atoms with Crippen LogP contribution in [0.4, 0.5) is 19.0 Å². The van der Waals surface area contributed by atoms with Crippen molar-refractivity contribution in [3.8, 4) is 5.75 Å². The Morgan fingerprint density at radius 1 is 1.14 bits per heavy atom. The number of nitrogens with zero attached hydrogens (tertiary/aromatic N) is 3. The molecule has 0 amide bonds. The molecule has 1 fully saturated rings. The summed E-state index contributed by atoms with van der Waals surface area (Å²) in [6, 6.07) is 7.14. The van der Waals surface area contributed by atoms with E-state index in [0.29, 0.717) is 0 Å². The number of piperazine rings is 1. The fraction of sp³-hybridized carbons (Fsp3) is 0.353. The van der Waals surface area contributed by atoms with E-state index in [4.69, 9.17) is 16.3 Å². The van der Waals surface area contributed by atoms with E-state index >= 15 is 0 Å². The summed E-state index contributed by atoms with van der Waals surface area (Å²) < 4.78 is 70.5. The lowest BCUT2D eigenvalue weighted by Gasteiger charge is -2.35. The second-order valence-corrected chi connectivity index (χ2v) is 8.38. The number of benzene rings is 1. The molecule has 0 atom stereocenters. The standard InChI is InChI=1S/C17H17ClF3N3O3S/c1-27-14-4-2-3-5-15(14)28(25,26)24-8-6-23(7-9-24)16-13(18)10-12(11-22-16)17(19,20)21/h2-5,10-11H,6-9H2,1H3. The minimum atomic E-state index is -4.53. The van der Waals surface area contributed by atoms with Gasteiger partial charge in [-0.25, -0.2) is 13.4 Å². The van der Waals surface area contributed by atoms with Gasteiger partial charge in [0.15, 0.2) is 0 Å². The van der Waals surface area contributed by atoms with E-state index in [1.807, 2.05) is 0 Å². The van der Waals surface area contributed by atoms with Gasteiger partial charge in [0, 0.05) is 32.4 Å². The number of pyridine rings is 1. The van der Waals surface area contributed by atoms with Crippen LogP contribution in [0.25, 0.3) is 0 Å². The Kier molecular flexibility index (Phi) is 5.74. The largest absolute Gasteiger partial charge is 0.495 e. The molecule has 1 aromatic heterocycles. The van der Waals surface area contributed by atoms with Crippen LogP contribution in [0.3, 0.4) is 0 Å². The van der Waals surface area contributed by atoms with E-state index < -0.39 is 21.8 Å². The molecule has 1 aliphatic rings. The summed E-state index contributed by atoms with van der Waals surface area (Å²) in [5.41, 5.74) is -0.932. The average Bonchev–Trinajstić information content (AvgIpc) is 2.67. The lowest BCUT2D eigenvalue weighted by Crippen LogP contribution is -2.49. The van der Waals surface area contributed by atoms with Gasteiger partial charge in [-0.15, -0.1) is 0 Å². The normalized spacial score (nSPS) is 16.2. The molecule has 0 aliphatic carbocycles. The molecule has 0 saturated carbocycles. The zero-order chi connectivity index (χ0) is 20.5. The van der Waals surface area contributed by atoms with Crippen LogP contribution in [-0.2, 0) is 16.2 Å². The molecule has 3 rings (SSSR count). The average molecular weight is 436 g/mol. The molecule has 2 aromatic rings. The summed E-state index contributed by atoms with van der Waals surface area (Å²) in [6.07, 6.45) is -3.81. The number of para-hydroxylation sites is 1. The van der Waals surface area contributed by atoms with Crippen LogP contribution in [0.1, 0.15) is 5.56 Å². The van der Waals surface area contributed by atoms with Gasteiger partial charge in [-0.3, -0.25) is 0 Å². The third-order valence-corrected chi connectivity index (χ3v) is 6.59. The quantitative estimate of drug-likeness (QED) is 0.737. The van der Waals surface area contributed by atoms with Gasteiger partial charge in [0.1, 0.15) is 16.5 Å². The first kappa shape index (κ1) is 20.7. The number of sulfonamides is 1. The van der Waals surface area contributed by atoms with E-state index in [1.165, 1.54) is 17.5 Å². The highest BCUT2D eigenvalue weighted by Gasteiger charge is 2.34. The molecular formula is C17H17ClF3N3O3S. The van der Waals surface area contributed by atoms with Crippen molar-refractivity contribution in [3.63, 3.8) is 0 Å². The SMILES string of the molecule is COc1ccccc1S(=O)(=O)N1CCN(c2ncc(C(F)(F)F)cc2Cl)CC1. The number of halogens is 4. The summed E-state index contributed by atoms with van der Waals surface area (Å²) in [7, 11) is -2.37. The lowest BCUT2D eigenvalue weighted by atomic mass is 10.2. The zero-order valence-corrected chi connectivity index (χ0v) is 16.4. The van der Waals surface area contributed by atoms with Crippen molar-refractivity contribution in [2.75, 3.05) is 38.2 Å². The molecule has 11 heteroatoms. The highest BCUT2D eigenvalue weighted by molar-refractivity contribution is 7.89. The second-order valence-electron chi connectivity index (χ2n) is 6.07. The van der Waals surface area contributed by atoms with Gasteiger partial charge in [0.05, 0.1) is 17.7 Å². The molecule has 0 N–H and O–H groups in total. The predicted octanol–water partition coefficient (Wildman–Crippen LogP) is 3.27. The van der Waals surface area contributed by atoms with Crippen molar-refractivity contribution < 1.29 is 26.3 Å². The Morgan fingerprint density at radius 2 is 1.79 bits per heavy atom. The van der Waals surface area contributed by atoms with Gasteiger partial charge in [-0.2, -0.15) is 17.5 Å². The van der Waals surface area contributed by atoms with E-state index in [2.05, 4.69) is 4.98 Å². The second kappa shape index (κ2) is 7.76. The minimum absolute atomic E-state index is 0.0663. The van der Waals surface area contributed by atoms with Gasteiger partial charge in [-0.05, 0) is 18.2 Å². The van der Waals surface area contributed by atoms with Gasteiger partial charge < -0.3 is 9.64 Å². The number of anilines is 1. The first-order valence-corrected chi connectivity index (χ1v) is 10.1. The molecule has 0 bridgehead atoms. The Hall–Kier alpha value is -2.04. The topological polar surface area (TPSA) is 62.7 Å². The Morgan fingerprint density at radius 3 is 2.36 bits per heavy atom. The first-order chi connectivity index (χ1) is 13.1. The highest BCUT2D eigenvalue weighted by atomic mass is 35.5. The summed E-state index contributed by atoms with van der Waals surface area (Å²) in [5, 5.41) is -0.129. The summed E-state index contributed by atoms with van der Waals surface area (Å²) in [4.78, 5) is 5.56. The summed E-state index contributed by atoms with van der Waals surface area (Å²) in [6.45, 7) is 0.762. The number of alkyl halides is 3. The lowest BCUT2D eigenvalue weighted by molar-refractivity contribution is -0.137. The molecule has 2 heterocycles. The van der Waals surface area contributed by atoms with E-state index in [9.17, 15) is 21.6 Å². The van der Waals surface area contributed by atoms with Crippen molar-refractivity contribution in [1.82, 2.24) is 9.29 Å². The fourth-order valence-electron chi connectivity index (χ4n) is 2.93. The maximum absolute atomic E-state index is 12.9. The Balaban J connectivity index is 1.76. The minimum Gasteiger partial charge on any atom is -0.495 e. The number of rotatable bonds is 4. The fourth-order valence-corrected chi connectivity index (χ4v) is 4.79. The van der Waals surface area contributed by atoms with Gasteiger partial charge in [0.2, 0.25) is 10.0 Å². The van der Waals surface area contributed by atoms with E-state index in [1.54, 1.807) is 23.1 Å². The van der Waals surface area contributed by atoms with Crippen LogP contribution >= 0.6 is 11.6 Å². The van der Waals surface area contributed by atoms with Crippen LogP contribution in [0.15, 0.2) is 41.4 Å². The Labute approximate surface area is 165 Å². The number of hydrogen-bond donors (Lipinski definition) is 0. The highest BCUT2D eigenvalue weighted by Crippen LogP contribution is 2.34. The van der Waals surface area contributed by atoms with Crippen LogP contribution in [0.5, 0.6) is 5.75 Å². The third kappa shape index (κ3) is 4.03. The maximum atomic E-state index is 12.9. The summed E-state index contributed by atoms with van der Waals surface area (Å²) >= 11 is 5.98. The Bertz CT molecular complexity index is 962. The van der Waals surface area contributed by atoms with E-state index in [-0.39, 0.29) is 47.7 Å². The molecular weight excluding hydrogens is 419 g/mol. The monoisotopic (exact) mass is 435 g/mol. The molecule has 1 saturated heterocycles. The predicted molar refractivity (Wildman–Crippen MR) is 98.2 cm³/mol. The van der Waals surface area contributed by atoms with E-state index in [0.717, 1.165) is 12.3 Å². The zero-order valence-electron chi connectivity index (χ0n) is 14.8. The van der Waals surface area contributed by atoms with Gasteiger partial charge in [-0.1, -0.05) is 23.7 Å². The number of hydrogen-bond acceptors (Lipinski definition) is 5. The molecule has 1 aromatic carbocycles. The van der Waals surface area contributed by atoms with Crippen molar-refractivity contribution in [2.45, 2.75) is 11.1 Å². The number of methoxy groups -OCH3 is 1. The maximum Gasteiger partial charge on any atom is 0.417 e. The smallest absolute Gasteiger partial charge is 0.417 e. The van der Waals surface area contributed by atoms with Crippen LogP contribution in [0.2, 0.25) is 5.02 Å². The van der Waals surface area contributed by atoms with Crippen molar-refractivity contribution in [3.05, 3.63) is 47.1 Å². The molecule has 152 valence electrons. The van der Waals surface area contributed by atoms with Crippen LogP contribution in [-0.4, -0.2) is 51.0 Å². The molecule has 0 spiro atoms. The molecule has 0 radical (unpaired) electrons. The first-order valence-electron chi connectivity index (χ1n) is 8.25. The summed E-state index contributed by atoms with van der Waals surface area (Å²) in [5.74, 6) is 0.446. The molecule has 1 aliphatic heterocycles. The third-order valence-electron chi connectivity index (χ3n) is 4.37. The van der Waals surface area contributed by atoms with Gasteiger partial charge >= 0.3 is 6.18 Å². The van der Waals surface area contributed by atoms with Crippen LogP contribution in [0, 0.1) is 0 Å². The van der Waals surface area contributed by atoms with Crippen molar-refractivity contribution in [1.29, 1.82) is 0 Å². The molecule has 0 unspecified atom stereocenters. The molecule has 6 nitrogen and oxygen atoms in total. The molecule has 28 heavy (non-hydrogen) atoms.